The normalized spacial score (nSPS) is 21.5. The fourth-order valence-corrected chi connectivity index (χ4v) is 3.14. The molecule has 0 saturated heterocycles. The van der Waals surface area contributed by atoms with Crippen LogP contribution in [0.4, 0.5) is 0 Å². The van der Waals surface area contributed by atoms with Crippen LogP contribution in [0.2, 0.25) is 0 Å². The first-order chi connectivity index (χ1) is 11.8. The molecule has 1 aliphatic carbocycles. The Kier molecular flexibility index (Phi) is 5.46. The van der Waals surface area contributed by atoms with Gasteiger partial charge in [-0.2, -0.15) is 0 Å². The van der Waals surface area contributed by atoms with E-state index in [1.807, 2.05) is 41.9 Å². The van der Waals surface area contributed by atoms with E-state index in [-0.39, 0.29) is 0 Å². The predicted molar refractivity (Wildman–Crippen MR) is 96.1 cm³/mol. The van der Waals surface area contributed by atoms with Gasteiger partial charge in [-0.1, -0.05) is 25.1 Å². The van der Waals surface area contributed by atoms with Crippen molar-refractivity contribution in [1.82, 2.24) is 25.4 Å². The number of rotatable bonds is 4. The van der Waals surface area contributed by atoms with Crippen molar-refractivity contribution < 1.29 is 0 Å². The summed E-state index contributed by atoms with van der Waals surface area (Å²) in [5.74, 6) is 2.54. The van der Waals surface area contributed by atoms with Crippen LogP contribution in [0.1, 0.15) is 38.4 Å². The van der Waals surface area contributed by atoms with Crippen LogP contribution in [-0.4, -0.2) is 33.8 Å². The second-order valence-corrected chi connectivity index (χ2v) is 6.48. The Labute approximate surface area is 143 Å². The second-order valence-electron chi connectivity index (χ2n) is 6.48. The predicted octanol–water partition coefficient (Wildman–Crippen LogP) is 2.51. The molecule has 1 aromatic heterocycles. The van der Waals surface area contributed by atoms with Gasteiger partial charge in [0.05, 0.1) is 6.54 Å². The first-order valence-electron chi connectivity index (χ1n) is 8.67. The summed E-state index contributed by atoms with van der Waals surface area (Å²) in [7, 11) is 1.81. The molecule has 3 rings (SSSR count). The van der Waals surface area contributed by atoms with Gasteiger partial charge in [0.1, 0.15) is 6.33 Å². The molecule has 1 aliphatic rings. The number of hydrogen-bond donors (Lipinski definition) is 2. The lowest BCUT2D eigenvalue weighted by Gasteiger charge is -2.28. The Morgan fingerprint density at radius 3 is 2.67 bits per heavy atom. The van der Waals surface area contributed by atoms with Crippen molar-refractivity contribution in [3.8, 4) is 5.69 Å². The molecule has 1 heterocycles. The Bertz CT molecular complexity index is 655. The minimum atomic E-state index is 0.513. The summed E-state index contributed by atoms with van der Waals surface area (Å²) < 4.78 is 1.99. The largest absolute Gasteiger partial charge is 0.354 e. The van der Waals surface area contributed by atoms with Gasteiger partial charge in [0.2, 0.25) is 0 Å². The number of aliphatic imine (C=N–C) groups is 1. The lowest BCUT2D eigenvalue weighted by atomic mass is 9.87. The van der Waals surface area contributed by atoms with Crippen LogP contribution >= 0.6 is 0 Å². The summed E-state index contributed by atoms with van der Waals surface area (Å²) in [6, 6.07) is 10.6. The topological polar surface area (TPSA) is 67.1 Å². The van der Waals surface area contributed by atoms with Gasteiger partial charge in [-0.3, -0.25) is 9.56 Å². The van der Waals surface area contributed by atoms with Gasteiger partial charge < -0.3 is 10.6 Å². The van der Waals surface area contributed by atoms with Crippen molar-refractivity contribution in [3.05, 3.63) is 42.5 Å². The fourth-order valence-electron chi connectivity index (χ4n) is 3.14. The smallest absolute Gasteiger partial charge is 0.191 e. The van der Waals surface area contributed by atoms with Crippen LogP contribution in [0.25, 0.3) is 5.69 Å². The average molecular weight is 326 g/mol. The molecular weight excluding hydrogens is 300 g/mol. The highest BCUT2D eigenvalue weighted by Crippen LogP contribution is 2.23. The van der Waals surface area contributed by atoms with Gasteiger partial charge in [0, 0.05) is 18.8 Å². The number of benzene rings is 1. The van der Waals surface area contributed by atoms with E-state index in [4.69, 9.17) is 0 Å². The van der Waals surface area contributed by atoms with Crippen LogP contribution in [0.3, 0.4) is 0 Å². The summed E-state index contributed by atoms with van der Waals surface area (Å²) >= 11 is 0. The van der Waals surface area contributed by atoms with Crippen molar-refractivity contribution in [2.24, 2.45) is 10.9 Å². The number of aromatic nitrogens is 3. The molecule has 2 aromatic rings. The Hall–Kier alpha value is -2.37. The quantitative estimate of drug-likeness (QED) is 0.669. The molecule has 0 unspecified atom stereocenters. The Morgan fingerprint density at radius 2 is 1.96 bits per heavy atom. The first kappa shape index (κ1) is 16.5. The standard InChI is InChI=1S/C18H26N6/c1-14-8-10-15(11-9-14)22-18(19-2)20-12-17-23-21-13-24(17)16-6-4-3-5-7-16/h3-7,13-15H,8-12H2,1-2H3,(H2,19,20,22). The maximum Gasteiger partial charge on any atom is 0.191 e. The monoisotopic (exact) mass is 326 g/mol. The van der Waals surface area contributed by atoms with Crippen molar-refractivity contribution in [3.63, 3.8) is 0 Å². The summed E-state index contributed by atoms with van der Waals surface area (Å²) in [5.41, 5.74) is 1.06. The lowest BCUT2D eigenvalue weighted by molar-refractivity contribution is 0.329. The van der Waals surface area contributed by atoms with Crippen molar-refractivity contribution in [2.75, 3.05) is 7.05 Å². The fraction of sp³-hybridized carbons (Fsp3) is 0.500. The molecule has 0 aliphatic heterocycles. The van der Waals surface area contributed by atoms with Crippen molar-refractivity contribution in [1.29, 1.82) is 0 Å². The molecular formula is C18H26N6. The average Bonchev–Trinajstić information content (AvgIpc) is 3.09. The minimum absolute atomic E-state index is 0.513. The van der Waals surface area contributed by atoms with E-state index < -0.39 is 0 Å². The molecule has 0 bridgehead atoms. The van der Waals surface area contributed by atoms with Crippen LogP contribution in [0.15, 0.2) is 41.7 Å². The second kappa shape index (κ2) is 7.95. The van der Waals surface area contributed by atoms with Crippen LogP contribution in [-0.2, 0) is 6.54 Å². The third-order valence-electron chi connectivity index (χ3n) is 4.65. The molecule has 6 nitrogen and oxygen atoms in total. The first-order valence-corrected chi connectivity index (χ1v) is 8.67. The Balaban J connectivity index is 1.58. The van der Waals surface area contributed by atoms with Crippen molar-refractivity contribution in [2.45, 2.75) is 45.2 Å². The highest BCUT2D eigenvalue weighted by Gasteiger charge is 2.19. The lowest BCUT2D eigenvalue weighted by Crippen LogP contribution is -2.44. The summed E-state index contributed by atoms with van der Waals surface area (Å²) in [5, 5.41) is 15.1. The zero-order valence-electron chi connectivity index (χ0n) is 14.4. The molecule has 2 N–H and O–H groups in total. The van der Waals surface area contributed by atoms with E-state index in [1.54, 1.807) is 6.33 Å². The number of nitrogens with one attached hydrogen (secondary N) is 2. The highest BCUT2D eigenvalue weighted by molar-refractivity contribution is 5.79. The van der Waals surface area contributed by atoms with Gasteiger partial charge in [-0.25, -0.2) is 0 Å². The third-order valence-corrected chi connectivity index (χ3v) is 4.65. The van der Waals surface area contributed by atoms with Crippen molar-refractivity contribution >= 4 is 5.96 Å². The maximum atomic E-state index is 4.34. The molecule has 0 atom stereocenters. The zero-order valence-corrected chi connectivity index (χ0v) is 14.4. The van der Waals surface area contributed by atoms with Gasteiger partial charge in [0.25, 0.3) is 0 Å². The molecule has 1 fully saturated rings. The van der Waals surface area contributed by atoms with E-state index in [0.717, 1.165) is 23.4 Å². The summed E-state index contributed by atoms with van der Waals surface area (Å²) in [4.78, 5) is 4.34. The molecule has 128 valence electrons. The molecule has 1 saturated carbocycles. The van der Waals surface area contributed by atoms with Crippen LogP contribution in [0, 0.1) is 5.92 Å². The third kappa shape index (κ3) is 4.13. The SMILES string of the molecule is CN=C(NCc1nncn1-c1ccccc1)NC1CCC(C)CC1. The number of hydrogen-bond acceptors (Lipinski definition) is 3. The number of nitrogens with zero attached hydrogens (tertiary/aromatic N) is 4. The summed E-state index contributed by atoms with van der Waals surface area (Å²) in [6.07, 6.45) is 6.74. The molecule has 6 heteroatoms. The molecule has 0 radical (unpaired) electrons. The molecule has 0 spiro atoms. The van der Waals surface area contributed by atoms with Gasteiger partial charge >= 0.3 is 0 Å². The van der Waals surface area contributed by atoms with E-state index in [9.17, 15) is 0 Å². The van der Waals surface area contributed by atoms with E-state index >= 15 is 0 Å². The highest BCUT2D eigenvalue weighted by atomic mass is 15.3. The van der Waals surface area contributed by atoms with E-state index in [1.165, 1.54) is 25.7 Å². The molecule has 1 aromatic carbocycles. The molecule has 24 heavy (non-hydrogen) atoms. The number of guanidine groups is 1. The van der Waals surface area contributed by atoms with Gasteiger partial charge in [-0.05, 0) is 43.7 Å². The zero-order chi connectivity index (χ0) is 16.8. The summed E-state index contributed by atoms with van der Waals surface area (Å²) in [6.45, 7) is 2.91. The maximum absolute atomic E-state index is 4.34. The van der Waals surface area contributed by atoms with E-state index in [2.05, 4.69) is 32.7 Å². The van der Waals surface area contributed by atoms with E-state index in [0.29, 0.717) is 12.6 Å². The molecule has 0 amide bonds. The van der Waals surface area contributed by atoms with Crippen LogP contribution < -0.4 is 10.6 Å². The van der Waals surface area contributed by atoms with Gasteiger partial charge in [0.15, 0.2) is 11.8 Å². The number of para-hydroxylation sites is 1. The Morgan fingerprint density at radius 1 is 1.21 bits per heavy atom. The van der Waals surface area contributed by atoms with Crippen LogP contribution in [0.5, 0.6) is 0 Å². The minimum Gasteiger partial charge on any atom is -0.354 e. The van der Waals surface area contributed by atoms with Gasteiger partial charge in [-0.15, -0.1) is 10.2 Å².